The first kappa shape index (κ1) is 13.5. The van der Waals surface area contributed by atoms with Gasteiger partial charge in [0.1, 0.15) is 0 Å². The zero-order chi connectivity index (χ0) is 13.3. The van der Waals surface area contributed by atoms with Crippen LogP contribution in [0.4, 0.5) is 0 Å². The lowest BCUT2D eigenvalue weighted by atomic mass is 9.63. The molecule has 0 radical (unpaired) electrons. The highest BCUT2D eigenvalue weighted by atomic mass is 16.3. The fourth-order valence-electron chi connectivity index (χ4n) is 2.99. The maximum atomic E-state index is 12.0. The maximum Gasteiger partial charge on any atom is 0.181 e. The normalized spacial score (nSPS) is 36.2. The number of hydrogen-bond acceptors (Lipinski definition) is 3. The molecule has 3 heteroatoms. The Morgan fingerprint density at radius 3 is 3.00 bits per heavy atom. The summed E-state index contributed by atoms with van der Waals surface area (Å²) in [6.07, 6.45) is 6.53. The number of hydrogen-bond donors (Lipinski definition) is 2. The molecule has 0 heterocycles. The average molecular weight is 250 g/mol. The predicted molar refractivity (Wildman–Crippen MR) is 70.1 cm³/mol. The van der Waals surface area contributed by atoms with E-state index >= 15 is 0 Å². The van der Waals surface area contributed by atoms with Crippen molar-refractivity contribution in [3.05, 3.63) is 23.3 Å². The zero-order valence-electron chi connectivity index (χ0n) is 11.1. The Balaban J connectivity index is 2.27. The first-order valence-electron chi connectivity index (χ1n) is 6.74. The van der Waals surface area contributed by atoms with Gasteiger partial charge in [-0.05, 0) is 50.7 Å². The Kier molecular flexibility index (Phi) is 3.74. The smallest absolute Gasteiger partial charge is 0.181 e. The first-order chi connectivity index (χ1) is 8.43. The Hall–Kier alpha value is -0.930. The molecule has 1 unspecified atom stereocenters. The molecule has 18 heavy (non-hydrogen) atoms. The fraction of sp³-hybridized carbons (Fsp3) is 0.667. The van der Waals surface area contributed by atoms with E-state index in [0.29, 0.717) is 12.8 Å². The molecular formula is C15H22O3. The van der Waals surface area contributed by atoms with E-state index in [2.05, 4.69) is 0 Å². The number of ketones is 1. The van der Waals surface area contributed by atoms with Gasteiger partial charge in [0, 0.05) is 5.41 Å². The van der Waals surface area contributed by atoms with Crippen LogP contribution in [0.1, 0.15) is 46.0 Å². The molecule has 0 amide bonds. The van der Waals surface area contributed by atoms with Crippen molar-refractivity contribution in [3.63, 3.8) is 0 Å². The minimum Gasteiger partial charge on any atom is -0.393 e. The lowest BCUT2D eigenvalue weighted by Gasteiger charge is -2.43. The molecule has 0 saturated heterocycles. The summed E-state index contributed by atoms with van der Waals surface area (Å²) in [6.45, 7) is 3.76. The summed E-state index contributed by atoms with van der Waals surface area (Å²) in [7, 11) is 0. The van der Waals surface area contributed by atoms with Crippen molar-refractivity contribution >= 4 is 5.78 Å². The van der Waals surface area contributed by atoms with E-state index in [1.54, 1.807) is 13.0 Å². The highest BCUT2D eigenvalue weighted by Crippen LogP contribution is 2.47. The molecule has 0 aliphatic heterocycles. The average Bonchev–Trinajstić information content (AvgIpc) is 2.30. The van der Waals surface area contributed by atoms with Gasteiger partial charge in [-0.2, -0.15) is 0 Å². The van der Waals surface area contributed by atoms with Gasteiger partial charge in [0.25, 0.3) is 0 Å². The van der Waals surface area contributed by atoms with E-state index in [1.165, 1.54) is 0 Å². The van der Waals surface area contributed by atoms with Gasteiger partial charge in [-0.15, -0.1) is 0 Å². The summed E-state index contributed by atoms with van der Waals surface area (Å²) in [4.78, 5) is 12.0. The number of carbonyl (C=O) groups is 1. The molecule has 0 bridgehead atoms. The lowest BCUT2D eigenvalue weighted by molar-refractivity contribution is -0.112. The Bertz CT molecular complexity index is 406. The van der Waals surface area contributed by atoms with E-state index in [-0.39, 0.29) is 17.3 Å². The monoisotopic (exact) mass is 250 g/mol. The van der Waals surface area contributed by atoms with Crippen molar-refractivity contribution in [2.45, 2.75) is 58.2 Å². The first-order valence-corrected chi connectivity index (χ1v) is 6.74. The van der Waals surface area contributed by atoms with Crippen molar-refractivity contribution in [3.8, 4) is 0 Å². The highest BCUT2D eigenvalue weighted by molar-refractivity contribution is 6.05. The van der Waals surface area contributed by atoms with Crippen LogP contribution >= 0.6 is 0 Å². The van der Waals surface area contributed by atoms with Crippen LogP contribution in [0.2, 0.25) is 0 Å². The van der Waals surface area contributed by atoms with E-state index in [9.17, 15) is 15.0 Å². The maximum absolute atomic E-state index is 12.0. The molecule has 0 spiro atoms. The Labute approximate surface area is 108 Å². The van der Waals surface area contributed by atoms with Gasteiger partial charge in [-0.1, -0.05) is 18.6 Å². The molecule has 0 aromatic heterocycles. The predicted octanol–water partition coefficient (Wildman–Crippen LogP) is 2.13. The number of carbonyl (C=O) groups excluding carboxylic acids is 1. The molecule has 2 aliphatic rings. The largest absolute Gasteiger partial charge is 0.393 e. The summed E-state index contributed by atoms with van der Waals surface area (Å²) in [5.41, 5.74) is 1.56. The summed E-state index contributed by atoms with van der Waals surface area (Å²) in [5, 5.41) is 19.5. The molecule has 1 fully saturated rings. The third-order valence-electron chi connectivity index (χ3n) is 4.28. The number of aliphatic hydroxyl groups excluding tert-OH is 2. The van der Waals surface area contributed by atoms with Crippen LogP contribution in [0, 0.1) is 5.41 Å². The van der Waals surface area contributed by atoms with Crippen LogP contribution < -0.4 is 0 Å². The topological polar surface area (TPSA) is 57.5 Å². The van der Waals surface area contributed by atoms with Crippen LogP contribution in [0.3, 0.4) is 0 Å². The molecule has 2 aliphatic carbocycles. The third-order valence-corrected chi connectivity index (χ3v) is 4.28. The van der Waals surface area contributed by atoms with Gasteiger partial charge < -0.3 is 10.2 Å². The van der Waals surface area contributed by atoms with E-state index in [0.717, 1.165) is 30.4 Å². The number of rotatable bonds is 2. The van der Waals surface area contributed by atoms with Gasteiger partial charge in [-0.25, -0.2) is 0 Å². The fourth-order valence-corrected chi connectivity index (χ4v) is 2.99. The quantitative estimate of drug-likeness (QED) is 0.738. The van der Waals surface area contributed by atoms with Crippen LogP contribution in [-0.4, -0.2) is 28.2 Å². The highest BCUT2D eigenvalue weighted by Gasteiger charge is 2.43. The SMILES string of the molecule is CC(O)CC=C1C[C@@]2(C)C(=CC1=O)CCC[C@@H]2O. The Morgan fingerprint density at radius 1 is 1.61 bits per heavy atom. The molecule has 100 valence electrons. The minimum absolute atomic E-state index is 0.0530. The van der Waals surface area contributed by atoms with Gasteiger partial charge in [0.15, 0.2) is 5.78 Å². The van der Waals surface area contributed by atoms with Gasteiger partial charge in [0.05, 0.1) is 12.2 Å². The molecule has 3 nitrogen and oxygen atoms in total. The van der Waals surface area contributed by atoms with Crippen molar-refractivity contribution in [2.24, 2.45) is 5.41 Å². The standard InChI is InChI=1S/C15H22O3/c1-10(16)6-7-11-9-15(2)12(8-13(11)17)4-3-5-14(15)18/h7-8,10,14,16,18H,3-6,9H2,1-2H3/t10?,14-,15-/m0/s1. The van der Waals surface area contributed by atoms with E-state index in [1.807, 2.05) is 13.0 Å². The molecule has 3 atom stereocenters. The second-order valence-corrected chi connectivity index (χ2v) is 5.85. The second-order valence-electron chi connectivity index (χ2n) is 5.85. The molecule has 0 aromatic carbocycles. The Morgan fingerprint density at radius 2 is 2.33 bits per heavy atom. The minimum atomic E-state index is -0.431. The number of aliphatic hydroxyl groups is 2. The van der Waals surface area contributed by atoms with Crippen LogP contribution in [0.5, 0.6) is 0 Å². The van der Waals surface area contributed by atoms with Gasteiger partial charge in [-0.3, -0.25) is 4.79 Å². The van der Waals surface area contributed by atoms with Gasteiger partial charge in [0.2, 0.25) is 0 Å². The van der Waals surface area contributed by atoms with Crippen molar-refractivity contribution in [1.82, 2.24) is 0 Å². The van der Waals surface area contributed by atoms with Crippen molar-refractivity contribution in [1.29, 1.82) is 0 Å². The lowest BCUT2D eigenvalue weighted by Crippen LogP contribution is -2.41. The summed E-state index contributed by atoms with van der Waals surface area (Å²) in [6, 6.07) is 0. The number of fused-ring (bicyclic) bond motifs is 1. The molecule has 2 N–H and O–H groups in total. The molecular weight excluding hydrogens is 228 g/mol. The van der Waals surface area contributed by atoms with Crippen LogP contribution in [0.25, 0.3) is 0 Å². The summed E-state index contributed by atoms with van der Waals surface area (Å²) in [5.74, 6) is 0.0530. The molecule has 0 aromatic rings. The van der Waals surface area contributed by atoms with E-state index in [4.69, 9.17) is 0 Å². The zero-order valence-corrected chi connectivity index (χ0v) is 11.1. The summed E-state index contributed by atoms with van der Waals surface area (Å²) < 4.78 is 0. The van der Waals surface area contributed by atoms with Crippen LogP contribution in [0.15, 0.2) is 23.3 Å². The molecule has 1 saturated carbocycles. The second kappa shape index (κ2) is 4.98. The van der Waals surface area contributed by atoms with Crippen LogP contribution in [-0.2, 0) is 4.79 Å². The van der Waals surface area contributed by atoms with Crippen molar-refractivity contribution < 1.29 is 15.0 Å². The molecule has 2 rings (SSSR count). The third kappa shape index (κ3) is 2.43. The van der Waals surface area contributed by atoms with Gasteiger partial charge >= 0.3 is 0 Å². The summed E-state index contributed by atoms with van der Waals surface area (Å²) >= 11 is 0. The van der Waals surface area contributed by atoms with E-state index < -0.39 is 6.10 Å². The van der Waals surface area contributed by atoms with Crippen molar-refractivity contribution in [2.75, 3.05) is 0 Å². The number of allylic oxidation sites excluding steroid dienone is 2.